The first-order valence-corrected chi connectivity index (χ1v) is 9.06. The van der Waals surface area contributed by atoms with Gasteiger partial charge in [-0.2, -0.15) is 0 Å². The number of carbonyl (C=O) groups is 1. The highest BCUT2D eigenvalue weighted by Gasteiger charge is 2.16. The van der Waals surface area contributed by atoms with Crippen molar-refractivity contribution in [2.75, 3.05) is 7.11 Å². The molecule has 5 nitrogen and oxygen atoms in total. The zero-order valence-corrected chi connectivity index (χ0v) is 15.8. The van der Waals surface area contributed by atoms with Crippen LogP contribution in [0.25, 0.3) is 0 Å². The summed E-state index contributed by atoms with van der Waals surface area (Å²) in [5.41, 5.74) is 3.32. The topological polar surface area (TPSA) is 47.4 Å². The third-order valence-electron chi connectivity index (χ3n) is 4.51. The van der Waals surface area contributed by atoms with Crippen LogP contribution in [0.2, 0.25) is 0 Å². The van der Waals surface area contributed by atoms with Crippen LogP contribution in [0, 0.1) is 6.92 Å². The number of benzene rings is 2. The Labute approximate surface area is 160 Å². The lowest BCUT2D eigenvalue weighted by atomic mass is 10.1. The largest absolute Gasteiger partial charge is 0.496 e. The highest BCUT2D eigenvalue weighted by molar-refractivity contribution is 5.76. The van der Waals surface area contributed by atoms with Gasteiger partial charge in [-0.05, 0) is 18.6 Å². The zero-order valence-electron chi connectivity index (χ0n) is 15.8. The van der Waals surface area contributed by atoms with Crippen molar-refractivity contribution in [3.05, 3.63) is 83.9 Å². The molecule has 0 fully saturated rings. The van der Waals surface area contributed by atoms with Gasteiger partial charge in [0.2, 0.25) is 5.91 Å². The van der Waals surface area contributed by atoms with Crippen LogP contribution in [0.3, 0.4) is 0 Å². The van der Waals surface area contributed by atoms with Gasteiger partial charge in [0.15, 0.2) is 0 Å². The standard InChI is InChI=1S/C22H25N3O2/c1-18-6-5-7-19(14-18)15-25(16-20-8-3-4-9-21(20)27-2)22(26)10-12-24-13-11-23-17-24/h3-9,11,13-14,17H,10,12,15-16H2,1-2H3. The second kappa shape index (κ2) is 9.03. The summed E-state index contributed by atoms with van der Waals surface area (Å²) in [7, 11) is 1.66. The number of hydrogen-bond donors (Lipinski definition) is 0. The van der Waals surface area contributed by atoms with E-state index in [1.54, 1.807) is 19.6 Å². The Morgan fingerprint density at radius 1 is 1.15 bits per heavy atom. The van der Waals surface area contributed by atoms with Gasteiger partial charge in [-0.15, -0.1) is 0 Å². The highest BCUT2D eigenvalue weighted by atomic mass is 16.5. The molecule has 0 bridgehead atoms. The summed E-state index contributed by atoms with van der Waals surface area (Å²) in [6, 6.07) is 16.1. The molecule has 0 unspecified atom stereocenters. The van der Waals surface area contributed by atoms with Crippen LogP contribution in [0.4, 0.5) is 0 Å². The van der Waals surface area contributed by atoms with E-state index in [0.717, 1.165) is 16.9 Å². The molecule has 0 saturated carbocycles. The maximum absolute atomic E-state index is 13.0. The molecule has 1 amide bonds. The SMILES string of the molecule is COc1ccccc1CN(Cc1cccc(C)c1)C(=O)CCn1ccnc1. The maximum Gasteiger partial charge on any atom is 0.224 e. The summed E-state index contributed by atoms with van der Waals surface area (Å²) in [6.07, 6.45) is 5.76. The van der Waals surface area contributed by atoms with Gasteiger partial charge in [-0.3, -0.25) is 4.79 Å². The van der Waals surface area contributed by atoms with Crippen LogP contribution >= 0.6 is 0 Å². The number of para-hydroxylation sites is 1. The predicted molar refractivity (Wildman–Crippen MR) is 105 cm³/mol. The Hall–Kier alpha value is -3.08. The molecule has 1 aromatic heterocycles. The summed E-state index contributed by atoms with van der Waals surface area (Å²) < 4.78 is 7.39. The van der Waals surface area contributed by atoms with Crippen LogP contribution in [0.5, 0.6) is 5.75 Å². The van der Waals surface area contributed by atoms with Crippen LogP contribution in [0.1, 0.15) is 23.1 Å². The van der Waals surface area contributed by atoms with E-state index in [0.29, 0.717) is 26.1 Å². The average molecular weight is 363 g/mol. The third-order valence-corrected chi connectivity index (χ3v) is 4.51. The molecule has 140 valence electrons. The van der Waals surface area contributed by atoms with E-state index in [1.807, 2.05) is 46.0 Å². The Kier molecular flexibility index (Phi) is 6.26. The van der Waals surface area contributed by atoms with Crippen molar-refractivity contribution in [3.63, 3.8) is 0 Å². The fourth-order valence-corrected chi connectivity index (χ4v) is 3.10. The molecule has 0 saturated heterocycles. The molecule has 1 heterocycles. The molecule has 3 rings (SSSR count). The molecule has 0 aliphatic heterocycles. The van der Waals surface area contributed by atoms with E-state index in [4.69, 9.17) is 4.74 Å². The van der Waals surface area contributed by atoms with Crippen molar-refractivity contribution in [1.29, 1.82) is 0 Å². The van der Waals surface area contributed by atoms with E-state index in [-0.39, 0.29) is 5.91 Å². The summed E-state index contributed by atoms with van der Waals surface area (Å²) in [4.78, 5) is 18.9. The molecule has 3 aromatic rings. The van der Waals surface area contributed by atoms with Crippen LogP contribution < -0.4 is 4.74 Å². The summed E-state index contributed by atoms with van der Waals surface area (Å²) >= 11 is 0. The number of nitrogens with zero attached hydrogens (tertiary/aromatic N) is 3. The molecular weight excluding hydrogens is 338 g/mol. The fourth-order valence-electron chi connectivity index (χ4n) is 3.10. The number of aromatic nitrogens is 2. The summed E-state index contributed by atoms with van der Waals surface area (Å²) in [5, 5.41) is 0. The minimum atomic E-state index is 0.108. The molecular formula is C22H25N3O2. The van der Waals surface area contributed by atoms with Gasteiger partial charge < -0.3 is 14.2 Å². The molecule has 0 aliphatic carbocycles. The normalized spacial score (nSPS) is 10.6. The number of hydrogen-bond acceptors (Lipinski definition) is 3. The predicted octanol–water partition coefficient (Wildman–Crippen LogP) is 3.82. The minimum Gasteiger partial charge on any atom is -0.496 e. The molecule has 0 aliphatic rings. The van der Waals surface area contributed by atoms with Gasteiger partial charge in [0.1, 0.15) is 5.75 Å². The molecule has 27 heavy (non-hydrogen) atoms. The molecule has 0 spiro atoms. The first-order chi connectivity index (χ1) is 13.2. The van der Waals surface area contributed by atoms with Gasteiger partial charge in [0.05, 0.1) is 13.4 Å². The Balaban J connectivity index is 1.77. The second-order valence-electron chi connectivity index (χ2n) is 6.60. The number of imidazole rings is 1. The average Bonchev–Trinajstić information content (AvgIpc) is 3.19. The smallest absolute Gasteiger partial charge is 0.224 e. The van der Waals surface area contributed by atoms with Gasteiger partial charge in [0.25, 0.3) is 0 Å². The van der Waals surface area contributed by atoms with E-state index >= 15 is 0 Å². The lowest BCUT2D eigenvalue weighted by Crippen LogP contribution is -2.31. The number of aryl methyl sites for hydroxylation is 2. The minimum absolute atomic E-state index is 0.108. The van der Waals surface area contributed by atoms with E-state index in [2.05, 4.69) is 30.1 Å². The highest BCUT2D eigenvalue weighted by Crippen LogP contribution is 2.21. The van der Waals surface area contributed by atoms with Gasteiger partial charge in [-0.1, -0.05) is 48.0 Å². The van der Waals surface area contributed by atoms with Crippen LogP contribution in [-0.2, 0) is 24.4 Å². The number of amides is 1. The van der Waals surface area contributed by atoms with Crippen molar-refractivity contribution in [2.45, 2.75) is 33.0 Å². The van der Waals surface area contributed by atoms with Gasteiger partial charge in [-0.25, -0.2) is 4.98 Å². The number of carbonyl (C=O) groups excluding carboxylic acids is 1. The summed E-state index contributed by atoms with van der Waals surface area (Å²) in [5.74, 6) is 0.908. The van der Waals surface area contributed by atoms with Crippen molar-refractivity contribution in [3.8, 4) is 5.75 Å². The van der Waals surface area contributed by atoms with E-state index in [1.165, 1.54) is 5.56 Å². The molecule has 0 atom stereocenters. The first-order valence-electron chi connectivity index (χ1n) is 9.06. The third kappa shape index (κ3) is 5.20. The van der Waals surface area contributed by atoms with Crippen molar-refractivity contribution >= 4 is 5.91 Å². The van der Waals surface area contributed by atoms with E-state index in [9.17, 15) is 4.79 Å². The Morgan fingerprint density at radius 3 is 2.74 bits per heavy atom. The Bertz CT molecular complexity index is 875. The molecule has 0 N–H and O–H groups in total. The summed E-state index contributed by atoms with van der Waals surface area (Å²) in [6.45, 7) is 3.77. The van der Waals surface area contributed by atoms with Crippen LogP contribution in [-0.4, -0.2) is 27.5 Å². The lowest BCUT2D eigenvalue weighted by Gasteiger charge is -2.24. The van der Waals surface area contributed by atoms with Crippen molar-refractivity contribution in [1.82, 2.24) is 14.5 Å². The maximum atomic E-state index is 13.0. The second-order valence-corrected chi connectivity index (χ2v) is 6.60. The van der Waals surface area contributed by atoms with Gasteiger partial charge >= 0.3 is 0 Å². The van der Waals surface area contributed by atoms with Crippen LogP contribution in [0.15, 0.2) is 67.3 Å². The molecule has 5 heteroatoms. The molecule has 0 radical (unpaired) electrons. The molecule has 2 aromatic carbocycles. The lowest BCUT2D eigenvalue weighted by molar-refractivity contribution is -0.132. The fraction of sp³-hybridized carbons (Fsp3) is 0.273. The quantitative estimate of drug-likeness (QED) is 0.611. The number of rotatable bonds is 8. The van der Waals surface area contributed by atoms with Crippen molar-refractivity contribution in [2.24, 2.45) is 0 Å². The van der Waals surface area contributed by atoms with E-state index < -0.39 is 0 Å². The monoisotopic (exact) mass is 363 g/mol. The number of ether oxygens (including phenoxy) is 1. The van der Waals surface area contributed by atoms with Crippen molar-refractivity contribution < 1.29 is 9.53 Å². The van der Waals surface area contributed by atoms with Gasteiger partial charge in [0, 0.05) is 44.0 Å². The Morgan fingerprint density at radius 2 is 2.00 bits per heavy atom. The zero-order chi connectivity index (χ0) is 19.1. The number of methoxy groups -OCH3 is 1. The first kappa shape index (κ1) is 18.7.